The largest absolute Gasteiger partial charge is 0.493 e. The van der Waals surface area contributed by atoms with Crippen LogP contribution in [0.4, 0.5) is 0 Å². The van der Waals surface area contributed by atoms with Crippen molar-refractivity contribution in [1.29, 1.82) is 0 Å². The molecule has 0 radical (unpaired) electrons. The second-order valence-corrected chi connectivity index (χ2v) is 7.46. The van der Waals surface area contributed by atoms with Crippen LogP contribution in [0.5, 0.6) is 11.5 Å². The molecule has 0 unspecified atom stereocenters. The van der Waals surface area contributed by atoms with Gasteiger partial charge in [0, 0.05) is 25.2 Å². The molecular formula is C19H24N4O4S. The normalized spacial score (nSPS) is 14.6. The van der Waals surface area contributed by atoms with E-state index < -0.39 is 0 Å². The van der Waals surface area contributed by atoms with E-state index in [1.807, 2.05) is 4.90 Å². The Morgan fingerprint density at radius 3 is 2.54 bits per heavy atom. The summed E-state index contributed by atoms with van der Waals surface area (Å²) in [4.78, 5) is 27.4. The standard InChI is InChI=1S/C19H24N4O4S/c1-12-17(28-22-21-12)19(25)23-8-6-13(7-9-23)11-20-18(24)14-4-5-15(26-2)16(10-14)27-3/h4-5,10,13H,6-9,11H2,1-3H3,(H,20,24). The van der Waals surface area contributed by atoms with Crippen molar-refractivity contribution in [2.45, 2.75) is 19.8 Å². The van der Waals surface area contributed by atoms with E-state index in [0.29, 0.717) is 53.2 Å². The first-order valence-electron chi connectivity index (χ1n) is 9.12. The molecule has 1 aliphatic rings. The molecule has 1 aliphatic heterocycles. The number of nitrogens with one attached hydrogen (secondary N) is 1. The number of nitrogens with zero attached hydrogens (tertiary/aromatic N) is 3. The smallest absolute Gasteiger partial charge is 0.267 e. The highest BCUT2D eigenvalue weighted by Gasteiger charge is 2.26. The van der Waals surface area contributed by atoms with Crippen LogP contribution in [-0.4, -0.2) is 60.2 Å². The summed E-state index contributed by atoms with van der Waals surface area (Å²) >= 11 is 1.14. The minimum Gasteiger partial charge on any atom is -0.493 e. The number of carbonyl (C=O) groups is 2. The van der Waals surface area contributed by atoms with Gasteiger partial charge >= 0.3 is 0 Å². The fraction of sp³-hybridized carbons (Fsp3) is 0.474. The maximum Gasteiger partial charge on any atom is 0.267 e. The summed E-state index contributed by atoms with van der Waals surface area (Å²) in [7, 11) is 3.10. The number of aromatic nitrogens is 2. The first-order valence-corrected chi connectivity index (χ1v) is 9.89. The Bertz CT molecular complexity index is 846. The molecule has 2 aromatic rings. The molecule has 150 valence electrons. The molecule has 9 heteroatoms. The molecule has 1 saturated heterocycles. The van der Waals surface area contributed by atoms with E-state index >= 15 is 0 Å². The maximum atomic E-state index is 12.5. The third-order valence-electron chi connectivity index (χ3n) is 4.94. The minimum atomic E-state index is -0.147. The zero-order valence-corrected chi connectivity index (χ0v) is 17.0. The Morgan fingerprint density at radius 2 is 1.93 bits per heavy atom. The number of carbonyl (C=O) groups excluding carboxylic acids is 2. The van der Waals surface area contributed by atoms with Crippen molar-refractivity contribution in [3.8, 4) is 11.5 Å². The van der Waals surface area contributed by atoms with Gasteiger partial charge in [-0.25, -0.2) is 0 Å². The van der Waals surface area contributed by atoms with Gasteiger partial charge in [-0.15, -0.1) is 5.10 Å². The predicted molar refractivity (Wildman–Crippen MR) is 105 cm³/mol. The van der Waals surface area contributed by atoms with Crippen molar-refractivity contribution in [3.05, 3.63) is 34.3 Å². The van der Waals surface area contributed by atoms with Gasteiger partial charge in [0.05, 0.1) is 19.9 Å². The van der Waals surface area contributed by atoms with Crippen molar-refractivity contribution >= 4 is 23.3 Å². The van der Waals surface area contributed by atoms with E-state index in [0.717, 1.165) is 24.4 Å². The third kappa shape index (κ3) is 4.41. The van der Waals surface area contributed by atoms with Gasteiger partial charge in [0.15, 0.2) is 11.5 Å². The summed E-state index contributed by atoms with van der Waals surface area (Å²) in [6.45, 7) is 3.73. The van der Waals surface area contributed by atoms with Crippen LogP contribution < -0.4 is 14.8 Å². The molecule has 2 amide bonds. The summed E-state index contributed by atoms with van der Waals surface area (Å²) in [5.74, 6) is 1.30. The maximum absolute atomic E-state index is 12.5. The molecule has 1 aromatic heterocycles. The minimum absolute atomic E-state index is 0.000290. The van der Waals surface area contributed by atoms with Crippen molar-refractivity contribution in [2.24, 2.45) is 5.92 Å². The van der Waals surface area contributed by atoms with Crippen LogP contribution in [0.1, 0.15) is 38.6 Å². The summed E-state index contributed by atoms with van der Waals surface area (Å²) < 4.78 is 14.3. The van der Waals surface area contributed by atoms with Gasteiger partial charge in [-0.3, -0.25) is 9.59 Å². The molecule has 1 aromatic carbocycles. The molecule has 28 heavy (non-hydrogen) atoms. The Hall–Kier alpha value is -2.68. The second-order valence-electron chi connectivity index (χ2n) is 6.70. The molecular weight excluding hydrogens is 380 g/mol. The van der Waals surface area contributed by atoms with E-state index in [-0.39, 0.29) is 11.8 Å². The molecule has 0 aliphatic carbocycles. The lowest BCUT2D eigenvalue weighted by atomic mass is 9.96. The fourth-order valence-corrected chi connectivity index (χ4v) is 3.85. The second kappa shape index (κ2) is 9.01. The fourth-order valence-electron chi connectivity index (χ4n) is 3.23. The van der Waals surface area contributed by atoms with Crippen molar-refractivity contribution in [3.63, 3.8) is 0 Å². The van der Waals surface area contributed by atoms with E-state index in [1.165, 1.54) is 0 Å². The number of piperidine rings is 1. The number of methoxy groups -OCH3 is 2. The van der Waals surface area contributed by atoms with Crippen LogP contribution in [-0.2, 0) is 0 Å². The van der Waals surface area contributed by atoms with Gasteiger partial charge in [-0.05, 0) is 55.4 Å². The molecule has 0 atom stereocenters. The van der Waals surface area contributed by atoms with Gasteiger partial charge < -0.3 is 19.7 Å². The molecule has 1 N–H and O–H groups in total. The van der Waals surface area contributed by atoms with Crippen molar-refractivity contribution < 1.29 is 19.1 Å². The van der Waals surface area contributed by atoms with Crippen LogP contribution >= 0.6 is 11.5 Å². The number of aryl methyl sites for hydroxylation is 1. The van der Waals surface area contributed by atoms with Crippen LogP contribution in [0, 0.1) is 12.8 Å². The molecule has 1 fully saturated rings. The topological polar surface area (TPSA) is 93.7 Å². The van der Waals surface area contributed by atoms with Crippen LogP contribution in [0.2, 0.25) is 0 Å². The van der Waals surface area contributed by atoms with Gasteiger partial charge in [0.1, 0.15) is 4.88 Å². The lowest BCUT2D eigenvalue weighted by Crippen LogP contribution is -2.41. The Kier molecular flexibility index (Phi) is 6.45. The predicted octanol–water partition coefficient (Wildman–Crippen LogP) is 2.15. The van der Waals surface area contributed by atoms with Gasteiger partial charge in [-0.2, -0.15) is 0 Å². The quantitative estimate of drug-likeness (QED) is 0.793. The molecule has 2 heterocycles. The van der Waals surface area contributed by atoms with Crippen LogP contribution in [0.3, 0.4) is 0 Å². The highest BCUT2D eigenvalue weighted by molar-refractivity contribution is 7.07. The van der Waals surface area contributed by atoms with E-state index in [9.17, 15) is 9.59 Å². The summed E-state index contributed by atoms with van der Waals surface area (Å²) in [5, 5.41) is 6.89. The molecule has 0 spiro atoms. The molecule has 8 nitrogen and oxygen atoms in total. The Balaban J connectivity index is 1.49. The molecule has 3 rings (SSSR count). The van der Waals surface area contributed by atoms with E-state index in [4.69, 9.17) is 9.47 Å². The number of benzene rings is 1. The number of amides is 2. The van der Waals surface area contributed by atoms with Crippen molar-refractivity contribution in [1.82, 2.24) is 19.8 Å². The Morgan fingerprint density at radius 1 is 1.21 bits per heavy atom. The highest BCUT2D eigenvalue weighted by Crippen LogP contribution is 2.27. The number of rotatable bonds is 6. The van der Waals surface area contributed by atoms with E-state index in [1.54, 1.807) is 39.3 Å². The summed E-state index contributed by atoms with van der Waals surface area (Å²) in [5.41, 5.74) is 1.21. The van der Waals surface area contributed by atoms with Crippen molar-refractivity contribution in [2.75, 3.05) is 33.9 Å². The van der Waals surface area contributed by atoms with Gasteiger partial charge in [0.2, 0.25) is 0 Å². The lowest BCUT2D eigenvalue weighted by molar-refractivity contribution is 0.0688. The average molecular weight is 404 g/mol. The number of ether oxygens (including phenoxy) is 2. The number of hydrogen-bond donors (Lipinski definition) is 1. The van der Waals surface area contributed by atoms with Gasteiger partial charge in [-0.1, -0.05) is 4.49 Å². The SMILES string of the molecule is COc1ccc(C(=O)NCC2CCN(C(=O)c3snnc3C)CC2)cc1OC. The molecule has 0 bridgehead atoms. The van der Waals surface area contributed by atoms with Crippen LogP contribution in [0.15, 0.2) is 18.2 Å². The highest BCUT2D eigenvalue weighted by atomic mass is 32.1. The lowest BCUT2D eigenvalue weighted by Gasteiger charge is -2.31. The number of likely N-dealkylation sites (tertiary alicyclic amines) is 1. The monoisotopic (exact) mass is 404 g/mol. The van der Waals surface area contributed by atoms with Gasteiger partial charge in [0.25, 0.3) is 11.8 Å². The summed E-state index contributed by atoms with van der Waals surface area (Å²) in [6, 6.07) is 5.10. The first-order chi connectivity index (χ1) is 13.5. The average Bonchev–Trinajstić information content (AvgIpc) is 3.17. The zero-order chi connectivity index (χ0) is 20.1. The molecule has 0 saturated carbocycles. The van der Waals surface area contributed by atoms with Crippen LogP contribution in [0.25, 0.3) is 0 Å². The zero-order valence-electron chi connectivity index (χ0n) is 16.2. The van der Waals surface area contributed by atoms with E-state index in [2.05, 4.69) is 14.9 Å². The third-order valence-corrected chi connectivity index (χ3v) is 5.76. The number of hydrogen-bond acceptors (Lipinski definition) is 7. The summed E-state index contributed by atoms with van der Waals surface area (Å²) in [6.07, 6.45) is 1.70. The Labute approximate surface area is 168 Å². The first kappa shape index (κ1) is 20.1.